The van der Waals surface area contributed by atoms with Crippen molar-refractivity contribution in [3.63, 3.8) is 0 Å². The zero-order valence-corrected chi connectivity index (χ0v) is 19.6. The second-order valence-corrected chi connectivity index (χ2v) is 10.1. The number of anilines is 1. The van der Waals surface area contributed by atoms with Crippen molar-refractivity contribution in [3.8, 4) is 0 Å². The summed E-state index contributed by atoms with van der Waals surface area (Å²) < 4.78 is 28.2. The van der Waals surface area contributed by atoms with Crippen molar-refractivity contribution >= 4 is 33.2 Å². The van der Waals surface area contributed by atoms with Gasteiger partial charge in [0.1, 0.15) is 0 Å². The van der Waals surface area contributed by atoms with Gasteiger partial charge in [0.25, 0.3) is 15.9 Å². The second-order valence-electron chi connectivity index (χ2n) is 7.99. The van der Waals surface area contributed by atoms with Crippen LogP contribution in [-0.4, -0.2) is 38.9 Å². The number of amides is 1. The van der Waals surface area contributed by atoms with Crippen molar-refractivity contribution in [2.24, 2.45) is 0 Å². The first-order valence-corrected chi connectivity index (χ1v) is 12.7. The third-order valence-corrected chi connectivity index (χ3v) is 7.44. The van der Waals surface area contributed by atoms with Gasteiger partial charge in [-0.05, 0) is 61.8 Å². The predicted octanol–water partition coefficient (Wildman–Crippen LogP) is 4.71. The van der Waals surface area contributed by atoms with Crippen molar-refractivity contribution in [1.82, 2.24) is 10.2 Å². The summed E-state index contributed by atoms with van der Waals surface area (Å²) in [6.45, 7) is 2.44. The fourth-order valence-corrected chi connectivity index (χ4v) is 5.39. The van der Waals surface area contributed by atoms with Crippen LogP contribution in [0.2, 0.25) is 5.02 Å². The normalized spacial score (nSPS) is 15.2. The maximum atomic E-state index is 12.9. The number of halogens is 1. The van der Waals surface area contributed by atoms with Gasteiger partial charge >= 0.3 is 0 Å². The minimum Gasteiger partial charge on any atom is -0.350 e. The number of hydrogen-bond donors (Lipinski definition) is 2. The standard InChI is InChI=1S/C25H26ClN3O3S/c26-22-13-4-5-14-23(22)28-33(31,32)21-12-8-11-20(17-21)25(30)27-18-24(29-15-6-7-16-29)19-9-2-1-3-10-19/h1-5,8-14,17,24,28H,6-7,15-16,18H2,(H,27,30)/t24-/m0/s1. The van der Waals surface area contributed by atoms with E-state index in [4.69, 9.17) is 11.6 Å². The number of nitrogens with zero attached hydrogens (tertiary/aromatic N) is 1. The Balaban J connectivity index is 1.48. The molecule has 3 aromatic carbocycles. The number of likely N-dealkylation sites (tertiary alicyclic amines) is 1. The highest BCUT2D eigenvalue weighted by Crippen LogP contribution is 2.26. The number of benzene rings is 3. The molecule has 2 N–H and O–H groups in total. The Hall–Kier alpha value is -2.87. The first kappa shape index (κ1) is 23.3. The molecular weight excluding hydrogens is 458 g/mol. The average Bonchev–Trinajstić information content (AvgIpc) is 3.36. The summed E-state index contributed by atoms with van der Waals surface area (Å²) in [7, 11) is -3.90. The summed E-state index contributed by atoms with van der Waals surface area (Å²) in [5.41, 5.74) is 1.72. The van der Waals surface area contributed by atoms with Crippen LogP contribution < -0.4 is 10.0 Å². The van der Waals surface area contributed by atoms with E-state index in [2.05, 4.69) is 27.1 Å². The van der Waals surface area contributed by atoms with Gasteiger partial charge < -0.3 is 5.32 Å². The molecule has 1 atom stereocenters. The summed E-state index contributed by atoms with van der Waals surface area (Å²) in [5, 5.41) is 3.29. The van der Waals surface area contributed by atoms with E-state index in [0.717, 1.165) is 31.5 Å². The predicted molar refractivity (Wildman–Crippen MR) is 131 cm³/mol. The molecular formula is C25H26ClN3O3S. The summed E-state index contributed by atoms with van der Waals surface area (Å²) in [5.74, 6) is -0.315. The third kappa shape index (κ3) is 5.74. The van der Waals surface area contributed by atoms with Gasteiger partial charge in [-0.15, -0.1) is 0 Å². The van der Waals surface area contributed by atoms with Crippen LogP contribution in [0.15, 0.2) is 83.8 Å². The summed E-state index contributed by atoms with van der Waals surface area (Å²) >= 11 is 6.08. The Bertz CT molecular complexity index is 1210. The van der Waals surface area contributed by atoms with Crippen LogP contribution in [0.5, 0.6) is 0 Å². The highest BCUT2D eigenvalue weighted by Gasteiger charge is 2.24. The molecule has 1 heterocycles. The molecule has 0 spiro atoms. The molecule has 0 aliphatic carbocycles. The van der Waals surface area contributed by atoms with E-state index in [9.17, 15) is 13.2 Å². The van der Waals surface area contributed by atoms with E-state index in [1.807, 2.05) is 18.2 Å². The first-order valence-electron chi connectivity index (χ1n) is 10.9. The molecule has 0 unspecified atom stereocenters. The molecule has 1 fully saturated rings. The molecule has 172 valence electrons. The lowest BCUT2D eigenvalue weighted by Gasteiger charge is -2.28. The molecule has 1 saturated heterocycles. The number of carbonyl (C=O) groups excluding carboxylic acids is 1. The molecule has 0 aromatic heterocycles. The van der Waals surface area contributed by atoms with Crippen LogP contribution in [-0.2, 0) is 10.0 Å². The zero-order valence-electron chi connectivity index (χ0n) is 18.1. The lowest BCUT2D eigenvalue weighted by atomic mass is 10.1. The molecule has 33 heavy (non-hydrogen) atoms. The van der Waals surface area contributed by atoms with Crippen LogP contribution in [0.1, 0.15) is 34.8 Å². The monoisotopic (exact) mass is 483 g/mol. The maximum absolute atomic E-state index is 12.9. The van der Waals surface area contributed by atoms with Crippen LogP contribution in [0.3, 0.4) is 0 Å². The van der Waals surface area contributed by atoms with E-state index in [0.29, 0.717) is 11.6 Å². The Morgan fingerprint density at radius 3 is 2.36 bits per heavy atom. The highest BCUT2D eigenvalue weighted by molar-refractivity contribution is 7.92. The minimum atomic E-state index is -3.90. The molecule has 3 aromatic rings. The molecule has 0 bridgehead atoms. The lowest BCUT2D eigenvalue weighted by Crippen LogP contribution is -2.36. The van der Waals surface area contributed by atoms with Crippen molar-refractivity contribution in [2.45, 2.75) is 23.8 Å². The van der Waals surface area contributed by atoms with Gasteiger partial charge in [-0.25, -0.2) is 8.42 Å². The van der Waals surface area contributed by atoms with Crippen LogP contribution in [0, 0.1) is 0 Å². The average molecular weight is 484 g/mol. The SMILES string of the molecule is O=C(NC[C@@H](c1ccccc1)N1CCCC1)c1cccc(S(=O)(=O)Nc2ccccc2Cl)c1. The molecule has 8 heteroatoms. The highest BCUT2D eigenvalue weighted by atomic mass is 35.5. The number of para-hydroxylation sites is 1. The number of hydrogen-bond acceptors (Lipinski definition) is 4. The van der Waals surface area contributed by atoms with E-state index < -0.39 is 10.0 Å². The van der Waals surface area contributed by atoms with Crippen LogP contribution >= 0.6 is 11.6 Å². The second kappa shape index (κ2) is 10.4. The fourth-order valence-electron chi connectivity index (χ4n) is 4.03. The molecule has 6 nitrogen and oxygen atoms in total. The Kier molecular flexibility index (Phi) is 7.33. The number of nitrogens with one attached hydrogen (secondary N) is 2. The number of sulfonamides is 1. The summed E-state index contributed by atoms with van der Waals surface area (Å²) in [6.07, 6.45) is 2.30. The quantitative estimate of drug-likeness (QED) is 0.486. The van der Waals surface area contributed by atoms with E-state index in [1.165, 1.54) is 12.1 Å². The lowest BCUT2D eigenvalue weighted by molar-refractivity contribution is 0.0937. The first-order chi connectivity index (χ1) is 15.9. The molecule has 1 aliphatic rings. The molecule has 1 aliphatic heterocycles. The van der Waals surface area contributed by atoms with Gasteiger partial charge in [0.15, 0.2) is 0 Å². The maximum Gasteiger partial charge on any atom is 0.261 e. The van der Waals surface area contributed by atoms with Crippen molar-refractivity contribution in [3.05, 3.63) is 95.0 Å². The topological polar surface area (TPSA) is 78.5 Å². The van der Waals surface area contributed by atoms with Gasteiger partial charge in [0, 0.05) is 12.1 Å². The largest absolute Gasteiger partial charge is 0.350 e. The van der Waals surface area contributed by atoms with Gasteiger partial charge in [0.2, 0.25) is 0 Å². The van der Waals surface area contributed by atoms with Crippen molar-refractivity contribution < 1.29 is 13.2 Å². The van der Waals surface area contributed by atoms with Gasteiger partial charge in [-0.2, -0.15) is 0 Å². The summed E-state index contributed by atoms with van der Waals surface area (Å²) in [6, 6.07) is 22.8. The minimum absolute atomic E-state index is 0.00535. The van der Waals surface area contributed by atoms with E-state index in [-0.39, 0.29) is 28.1 Å². The molecule has 1 amide bonds. The fraction of sp³-hybridized carbons (Fsp3) is 0.240. The Morgan fingerprint density at radius 2 is 1.64 bits per heavy atom. The number of rotatable bonds is 8. The Morgan fingerprint density at radius 1 is 0.939 bits per heavy atom. The zero-order chi connectivity index (χ0) is 23.3. The molecule has 0 saturated carbocycles. The van der Waals surface area contributed by atoms with Crippen molar-refractivity contribution in [1.29, 1.82) is 0 Å². The van der Waals surface area contributed by atoms with Crippen molar-refractivity contribution in [2.75, 3.05) is 24.4 Å². The number of carbonyl (C=O) groups is 1. The van der Waals surface area contributed by atoms with Crippen LogP contribution in [0.4, 0.5) is 5.69 Å². The van der Waals surface area contributed by atoms with Gasteiger partial charge in [0.05, 0.1) is 21.6 Å². The summed E-state index contributed by atoms with van der Waals surface area (Å²) in [4.78, 5) is 15.3. The van der Waals surface area contributed by atoms with E-state index >= 15 is 0 Å². The van der Waals surface area contributed by atoms with E-state index in [1.54, 1.807) is 36.4 Å². The van der Waals surface area contributed by atoms with Gasteiger partial charge in [-0.3, -0.25) is 14.4 Å². The molecule has 0 radical (unpaired) electrons. The smallest absolute Gasteiger partial charge is 0.261 e. The molecule has 4 rings (SSSR count). The third-order valence-electron chi connectivity index (χ3n) is 5.75. The van der Waals surface area contributed by atoms with Crippen LogP contribution in [0.25, 0.3) is 0 Å². The van der Waals surface area contributed by atoms with Gasteiger partial charge in [-0.1, -0.05) is 60.1 Å². The Labute approximate surface area is 199 Å².